The zero-order valence-electron chi connectivity index (χ0n) is 6.50. The number of pyridine rings is 1. The molecule has 0 aliphatic heterocycles. The van der Waals surface area contributed by atoms with E-state index in [0.29, 0.717) is 11.3 Å². The highest BCUT2D eigenvalue weighted by Crippen LogP contribution is 2.15. The lowest BCUT2D eigenvalue weighted by Gasteiger charge is -2.06. The molecule has 11 heavy (non-hydrogen) atoms. The standard InChI is InChI=1S/C8H10FNO/c1-5-8(6(2)11)3-7(9)4-10-5/h3-4,6,11H,1-2H3. The molecule has 1 rings (SSSR count). The van der Waals surface area contributed by atoms with E-state index in [0.717, 1.165) is 6.20 Å². The van der Waals surface area contributed by atoms with E-state index in [4.69, 9.17) is 5.11 Å². The molecule has 1 atom stereocenters. The maximum Gasteiger partial charge on any atom is 0.141 e. The fourth-order valence-corrected chi connectivity index (χ4v) is 0.946. The van der Waals surface area contributed by atoms with Crippen molar-refractivity contribution in [3.8, 4) is 0 Å². The molecular weight excluding hydrogens is 145 g/mol. The SMILES string of the molecule is Cc1ncc(F)cc1C(C)O. The van der Waals surface area contributed by atoms with Crippen molar-refractivity contribution >= 4 is 0 Å². The summed E-state index contributed by atoms with van der Waals surface area (Å²) in [6, 6.07) is 1.30. The Morgan fingerprint density at radius 1 is 1.64 bits per heavy atom. The third kappa shape index (κ3) is 1.74. The maximum absolute atomic E-state index is 12.5. The minimum absolute atomic E-state index is 0.411. The number of nitrogens with zero attached hydrogens (tertiary/aromatic N) is 1. The van der Waals surface area contributed by atoms with Crippen LogP contribution >= 0.6 is 0 Å². The Morgan fingerprint density at radius 2 is 2.27 bits per heavy atom. The normalized spacial score (nSPS) is 13.1. The number of hydrogen-bond acceptors (Lipinski definition) is 2. The molecule has 0 aliphatic carbocycles. The Labute approximate surface area is 64.7 Å². The van der Waals surface area contributed by atoms with Crippen molar-refractivity contribution in [1.82, 2.24) is 4.98 Å². The summed E-state index contributed by atoms with van der Waals surface area (Å²) in [6.45, 7) is 3.32. The quantitative estimate of drug-likeness (QED) is 0.668. The topological polar surface area (TPSA) is 33.1 Å². The zero-order chi connectivity index (χ0) is 8.43. The van der Waals surface area contributed by atoms with Gasteiger partial charge in [-0.1, -0.05) is 0 Å². The van der Waals surface area contributed by atoms with Crippen molar-refractivity contribution in [2.75, 3.05) is 0 Å². The lowest BCUT2D eigenvalue weighted by Crippen LogP contribution is -1.98. The Bertz CT molecular complexity index is 260. The van der Waals surface area contributed by atoms with Gasteiger partial charge < -0.3 is 5.11 Å². The van der Waals surface area contributed by atoms with Gasteiger partial charge in [0.15, 0.2) is 0 Å². The smallest absolute Gasteiger partial charge is 0.141 e. The summed E-state index contributed by atoms with van der Waals surface area (Å²) in [4.78, 5) is 3.76. The first-order valence-electron chi connectivity index (χ1n) is 3.41. The van der Waals surface area contributed by atoms with Crippen LogP contribution in [0.25, 0.3) is 0 Å². The number of aliphatic hydroxyl groups excluding tert-OH is 1. The summed E-state index contributed by atoms with van der Waals surface area (Å²) in [5.41, 5.74) is 1.21. The summed E-state index contributed by atoms with van der Waals surface area (Å²) >= 11 is 0. The zero-order valence-corrected chi connectivity index (χ0v) is 6.50. The molecule has 1 aromatic rings. The average Bonchev–Trinajstić information content (AvgIpc) is 1.94. The van der Waals surface area contributed by atoms with Gasteiger partial charge in [-0.2, -0.15) is 0 Å². The fourth-order valence-electron chi connectivity index (χ4n) is 0.946. The van der Waals surface area contributed by atoms with Gasteiger partial charge in [0.25, 0.3) is 0 Å². The lowest BCUT2D eigenvalue weighted by atomic mass is 10.1. The van der Waals surface area contributed by atoms with E-state index < -0.39 is 11.9 Å². The van der Waals surface area contributed by atoms with Crippen LogP contribution in [0.15, 0.2) is 12.3 Å². The third-order valence-corrected chi connectivity index (χ3v) is 1.54. The van der Waals surface area contributed by atoms with Crippen molar-refractivity contribution in [1.29, 1.82) is 0 Å². The summed E-state index contributed by atoms with van der Waals surface area (Å²) in [5, 5.41) is 9.12. The number of aliphatic hydroxyl groups is 1. The van der Waals surface area contributed by atoms with Crippen LogP contribution in [0.1, 0.15) is 24.3 Å². The van der Waals surface area contributed by atoms with Gasteiger partial charge in [0, 0.05) is 11.3 Å². The molecular formula is C8H10FNO. The molecule has 2 nitrogen and oxygen atoms in total. The summed E-state index contributed by atoms with van der Waals surface area (Å²) < 4.78 is 12.5. The Morgan fingerprint density at radius 3 is 2.73 bits per heavy atom. The van der Waals surface area contributed by atoms with Gasteiger partial charge in [0.2, 0.25) is 0 Å². The van der Waals surface area contributed by atoms with Crippen LogP contribution in [0.5, 0.6) is 0 Å². The number of halogens is 1. The molecule has 0 bridgehead atoms. The predicted octanol–water partition coefficient (Wildman–Crippen LogP) is 1.58. The van der Waals surface area contributed by atoms with Gasteiger partial charge in [-0.3, -0.25) is 4.98 Å². The highest BCUT2D eigenvalue weighted by molar-refractivity contribution is 5.21. The van der Waals surface area contributed by atoms with Gasteiger partial charge in [0.1, 0.15) is 5.82 Å². The Balaban J connectivity index is 3.13. The van der Waals surface area contributed by atoms with Crippen molar-refractivity contribution in [2.45, 2.75) is 20.0 Å². The van der Waals surface area contributed by atoms with E-state index in [2.05, 4.69) is 4.98 Å². The van der Waals surface area contributed by atoms with Gasteiger partial charge in [-0.25, -0.2) is 4.39 Å². The molecule has 0 spiro atoms. The molecule has 0 aromatic carbocycles. The molecule has 0 radical (unpaired) electrons. The van der Waals surface area contributed by atoms with Crippen LogP contribution in [0.2, 0.25) is 0 Å². The number of hydrogen-bond donors (Lipinski definition) is 1. The van der Waals surface area contributed by atoms with Crippen molar-refractivity contribution in [3.63, 3.8) is 0 Å². The summed E-state index contributed by atoms with van der Waals surface area (Å²) in [5.74, 6) is -0.411. The number of rotatable bonds is 1. The van der Waals surface area contributed by atoms with E-state index in [1.165, 1.54) is 6.07 Å². The Kier molecular flexibility index (Phi) is 2.19. The van der Waals surface area contributed by atoms with Crippen LogP contribution in [0, 0.1) is 12.7 Å². The third-order valence-electron chi connectivity index (χ3n) is 1.54. The van der Waals surface area contributed by atoms with Crippen LogP contribution in [0.3, 0.4) is 0 Å². The van der Waals surface area contributed by atoms with E-state index in [-0.39, 0.29) is 0 Å². The van der Waals surface area contributed by atoms with E-state index >= 15 is 0 Å². The molecule has 1 unspecified atom stereocenters. The monoisotopic (exact) mass is 155 g/mol. The molecule has 1 aromatic heterocycles. The van der Waals surface area contributed by atoms with Crippen molar-refractivity contribution in [2.24, 2.45) is 0 Å². The molecule has 0 saturated heterocycles. The maximum atomic E-state index is 12.5. The molecule has 0 saturated carbocycles. The van der Waals surface area contributed by atoms with Gasteiger partial charge in [-0.15, -0.1) is 0 Å². The predicted molar refractivity (Wildman–Crippen MR) is 39.6 cm³/mol. The largest absolute Gasteiger partial charge is 0.389 e. The second-order valence-electron chi connectivity index (χ2n) is 2.50. The van der Waals surface area contributed by atoms with Gasteiger partial charge >= 0.3 is 0 Å². The van der Waals surface area contributed by atoms with Gasteiger partial charge in [-0.05, 0) is 19.9 Å². The van der Waals surface area contributed by atoms with Crippen molar-refractivity contribution < 1.29 is 9.50 Å². The second-order valence-corrected chi connectivity index (χ2v) is 2.50. The molecule has 60 valence electrons. The highest BCUT2D eigenvalue weighted by Gasteiger charge is 2.06. The molecule has 1 N–H and O–H groups in total. The second kappa shape index (κ2) is 2.96. The molecule has 1 heterocycles. The minimum Gasteiger partial charge on any atom is -0.389 e. The van der Waals surface area contributed by atoms with E-state index in [9.17, 15) is 4.39 Å². The first-order chi connectivity index (χ1) is 5.11. The molecule has 3 heteroatoms. The van der Waals surface area contributed by atoms with Crippen LogP contribution < -0.4 is 0 Å². The highest BCUT2D eigenvalue weighted by atomic mass is 19.1. The Hall–Kier alpha value is -0.960. The molecule has 0 aliphatic rings. The first kappa shape index (κ1) is 8.14. The lowest BCUT2D eigenvalue weighted by molar-refractivity contribution is 0.197. The molecule has 0 amide bonds. The van der Waals surface area contributed by atoms with Crippen LogP contribution in [0.4, 0.5) is 4.39 Å². The van der Waals surface area contributed by atoms with Gasteiger partial charge in [0.05, 0.1) is 12.3 Å². The summed E-state index contributed by atoms with van der Waals surface area (Å²) in [7, 11) is 0. The molecule has 0 fully saturated rings. The summed E-state index contributed by atoms with van der Waals surface area (Å²) in [6.07, 6.45) is 0.486. The number of aromatic nitrogens is 1. The average molecular weight is 155 g/mol. The first-order valence-corrected chi connectivity index (χ1v) is 3.41. The fraction of sp³-hybridized carbons (Fsp3) is 0.375. The van der Waals surface area contributed by atoms with Crippen LogP contribution in [-0.4, -0.2) is 10.1 Å². The van der Waals surface area contributed by atoms with Crippen LogP contribution in [-0.2, 0) is 0 Å². The van der Waals surface area contributed by atoms with Crippen molar-refractivity contribution in [3.05, 3.63) is 29.3 Å². The number of aryl methyl sites for hydroxylation is 1. The van der Waals surface area contributed by atoms with E-state index in [1.54, 1.807) is 13.8 Å². The van der Waals surface area contributed by atoms with E-state index in [1.807, 2.05) is 0 Å². The minimum atomic E-state index is -0.654.